The van der Waals surface area contributed by atoms with Gasteiger partial charge in [-0.25, -0.2) is 0 Å². The number of ether oxygens (including phenoxy) is 1. The number of carbonyl (C=O) groups excluding carboxylic acids is 2. The summed E-state index contributed by atoms with van der Waals surface area (Å²) in [5.41, 5.74) is 8.87. The number of halogens is 1. The molecule has 0 aliphatic carbocycles. The van der Waals surface area contributed by atoms with Crippen LogP contribution in [0.5, 0.6) is 5.75 Å². The summed E-state index contributed by atoms with van der Waals surface area (Å²) in [7, 11) is 0. The molecule has 1 aromatic carbocycles. The summed E-state index contributed by atoms with van der Waals surface area (Å²) in [6.45, 7) is 8.11. The van der Waals surface area contributed by atoms with E-state index in [9.17, 15) is 9.59 Å². The molecule has 2 rings (SSSR count). The lowest BCUT2D eigenvalue weighted by molar-refractivity contribution is -0.136. The van der Waals surface area contributed by atoms with Crippen molar-refractivity contribution in [3.8, 4) is 5.75 Å². The van der Waals surface area contributed by atoms with Crippen LogP contribution >= 0.6 is 12.4 Å². The standard InChI is InChI=1S/C21H33N3O3.ClH/c1-15-12-16(2)17(3)19(13-15)27-11-8-21(26)24-10-5-4-6-18(24)14-23-20(25)7-9-22;/h12-13,18H,4-11,14,22H2,1-3H3,(H,23,25);1H. The number of nitrogens with zero attached hydrogens (tertiary/aromatic N) is 1. The second-order valence-corrected chi connectivity index (χ2v) is 7.38. The predicted molar refractivity (Wildman–Crippen MR) is 114 cm³/mol. The van der Waals surface area contributed by atoms with Crippen molar-refractivity contribution in [1.29, 1.82) is 0 Å². The summed E-state index contributed by atoms with van der Waals surface area (Å²) in [6.07, 6.45) is 3.69. The molecule has 1 atom stereocenters. The first-order chi connectivity index (χ1) is 12.9. The van der Waals surface area contributed by atoms with E-state index in [4.69, 9.17) is 10.5 Å². The lowest BCUT2D eigenvalue weighted by Gasteiger charge is -2.36. The molecule has 1 aliphatic rings. The molecule has 1 heterocycles. The molecule has 0 spiro atoms. The molecule has 0 saturated carbocycles. The zero-order valence-corrected chi connectivity index (χ0v) is 18.1. The molecule has 6 nitrogen and oxygen atoms in total. The summed E-state index contributed by atoms with van der Waals surface area (Å²) >= 11 is 0. The fourth-order valence-corrected chi connectivity index (χ4v) is 3.53. The second-order valence-electron chi connectivity index (χ2n) is 7.38. The van der Waals surface area contributed by atoms with Crippen LogP contribution in [0.1, 0.15) is 48.8 Å². The molecular weight excluding hydrogens is 378 g/mol. The summed E-state index contributed by atoms with van der Waals surface area (Å²) in [5, 5.41) is 2.90. The van der Waals surface area contributed by atoms with Crippen LogP contribution in [0.15, 0.2) is 12.1 Å². The third-order valence-corrected chi connectivity index (χ3v) is 5.19. The van der Waals surface area contributed by atoms with E-state index in [-0.39, 0.29) is 30.3 Å². The number of rotatable bonds is 8. The molecule has 1 aromatic rings. The third-order valence-electron chi connectivity index (χ3n) is 5.19. The minimum absolute atomic E-state index is 0. The first kappa shape index (κ1) is 24.2. The van der Waals surface area contributed by atoms with E-state index < -0.39 is 0 Å². The largest absolute Gasteiger partial charge is 0.493 e. The fourth-order valence-electron chi connectivity index (χ4n) is 3.53. The van der Waals surface area contributed by atoms with E-state index >= 15 is 0 Å². The second kappa shape index (κ2) is 11.9. The SMILES string of the molecule is Cc1cc(C)c(C)c(OCCC(=O)N2CCCCC2CNC(=O)CCN)c1.Cl. The molecule has 7 heteroatoms. The van der Waals surface area contributed by atoms with Gasteiger partial charge in [0, 0.05) is 32.1 Å². The van der Waals surface area contributed by atoms with Gasteiger partial charge < -0.3 is 20.7 Å². The van der Waals surface area contributed by atoms with Crippen molar-refractivity contribution in [1.82, 2.24) is 10.2 Å². The maximum Gasteiger partial charge on any atom is 0.226 e. The van der Waals surface area contributed by atoms with E-state index in [1.165, 1.54) is 5.56 Å². The van der Waals surface area contributed by atoms with E-state index in [1.54, 1.807) is 0 Å². The van der Waals surface area contributed by atoms with Crippen LogP contribution in [0.2, 0.25) is 0 Å². The number of hydrogen-bond donors (Lipinski definition) is 2. The van der Waals surface area contributed by atoms with E-state index in [2.05, 4.69) is 18.3 Å². The van der Waals surface area contributed by atoms with Crippen molar-refractivity contribution < 1.29 is 14.3 Å². The van der Waals surface area contributed by atoms with Crippen molar-refractivity contribution in [3.05, 3.63) is 28.8 Å². The number of benzene rings is 1. The van der Waals surface area contributed by atoms with Crippen LogP contribution in [-0.2, 0) is 9.59 Å². The minimum Gasteiger partial charge on any atom is -0.493 e. The Bertz CT molecular complexity index is 667. The number of nitrogens with two attached hydrogens (primary N) is 1. The van der Waals surface area contributed by atoms with E-state index in [1.807, 2.05) is 24.8 Å². The van der Waals surface area contributed by atoms with Crippen LogP contribution in [0.4, 0.5) is 0 Å². The highest BCUT2D eigenvalue weighted by Gasteiger charge is 2.26. The number of amides is 2. The smallest absolute Gasteiger partial charge is 0.226 e. The molecule has 158 valence electrons. The zero-order chi connectivity index (χ0) is 19.8. The highest BCUT2D eigenvalue weighted by atomic mass is 35.5. The molecule has 0 aromatic heterocycles. The van der Waals surface area contributed by atoms with Gasteiger partial charge in [-0.05, 0) is 62.8 Å². The lowest BCUT2D eigenvalue weighted by Crippen LogP contribution is -2.49. The summed E-state index contributed by atoms with van der Waals surface area (Å²) in [5.74, 6) is 0.892. The van der Waals surface area contributed by atoms with Gasteiger partial charge >= 0.3 is 0 Å². The van der Waals surface area contributed by atoms with Gasteiger partial charge in [0.2, 0.25) is 11.8 Å². The molecule has 1 unspecified atom stereocenters. The zero-order valence-electron chi connectivity index (χ0n) is 17.3. The number of carbonyl (C=O) groups is 2. The molecule has 2 amide bonds. The van der Waals surface area contributed by atoms with Crippen LogP contribution in [0, 0.1) is 20.8 Å². The molecule has 1 saturated heterocycles. The highest BCUT2D eigenvalue weighted by Crippen LogP contribution is 2.24. The van der Waals surface area contributed by atoms with Crippen molar-refractivity contribution >= 4 is 24.2 Å². The van der Waals surface area contributed by atoms with Crippen molar-refractivity contribution in [2.45, 2.75) is 58.9 Å². The molecule has 1 fully saturated rings. The lowest BCUT2D eigenvalue weighted by atomic mass is 10.0. The van der Waals surface area contributed by atoms with Gasteiger partial charge in [0.25, 0.3) is 0 Å². The third kappa shape index (κ3) is 6.99. The number of nitrogens with one attached hydrogen (secondary N) is 1. The van der Waals surface area contributed by atoms with E-state index in [0.717, 1.165) is 42.7 Å². The van der Waals surface area contributed by atoms with Crippen molar-refractivity contribution in [2.75, 3.05) is 26.2 Å². The quantitative estimate of drug-likeness (QED) is 0.688. The number of aryl methyl sites for hydroxylation is 2. The molecule has 0 bridgehead atoms. The Labute approximate surface area is 174 Å². The first-order valence-corrected chi connectivity index (χ1v) is 9.89. The maximum atomic E-state index is 12.7. The van der Waals surface area contributed by atoms with Crippen LogP contribution in [-0.4, -0.2) is 49.0 Å². The van der Waals surface area contributed by atoms with Crippen LogP contribution in [0.25, 0.3) is 0 Å². The Morgan fingerprint density at radius 3 is 2.68 bits per heavy atom. The summed E-state index contributed by atoms with van der Waals surface area (Å²) < 4.78 is 5.89. The summed E-state index contributed by atoms with van der Waals surface area (Å²) in [6, 6.07) is 4.21. The monoisotopic (exact) mass is 411 g/mol. The number of piperidine rings is 1. The van der Waals surface area contributed by atoms with Crippen molar-refractivity contribution in [3.63, 3.8) is 0 Å². The topological polar surface area (TPSA) is 84.7 Å². The van der Waals surface area contributed by atoms with Gasteiger partial charge in [-0.1, -0.05) is 6.07 Å². The molecular formula is C21H34ClN3O3. The van der Waals surface area contributed by atoms with Gasteiger partial charge in [0.05, 0.1) is 13.0 Å². The Morgan fingerprint density at radius 2 is 1.96 bits per heavy atom. The Morgan fingerprint density at radius 1 is 1.21 bits per heavy atom. The highest BCUT2D eigenvalue weighted by molar-refractivity contribution is 5.85. The molecule has 28 heavy (non-hydrogen) atoms. The number of hydrogen-bond acceptors (Lipinski definition) is 4. The first-order valence-electron chi connectivity index (χ1n) is 9.89. The number of likely N-dealkylation sites (tertiary alicyclic amines) is 1. The van der Waals surface area contributed by atoms with Crippen LogP contribution in [0.3, 0.4) is 0 Å². The minimum atomic E-state index is -0.0518. The molecule has 1 aliphatic heterocycles. The van der Waals surface area contributed by atoms with Gasteiger partial charge in [0.15, 0.2) is 0 Å². The van der Waals surface area contributed by atoms with Gasteiger partial charge in [-0.3, -0.25) is 9.59 Å². The van der Waals surface area contributed by atoms with Crippen molar-refractivity contribution in [2.24, 2.45) is 5.73 Å². The fraction of sp³-hybridized carbons (Fsp3) is 0.619. The molecule has 0 radical (unpaired) electrons. The van der Waals surface area contributed by atoms with Gasteiger partial charge in [0.1, 0.15) is 5.75 Å². The maximum absolute atomic E-state index is 12.7. The molecule has 3 N–H and O–H groups in total. The van der Waals surface area contributed by atoms with E-state index in [0.29, 0.717) is 32.5 Å². The van der Waals surface area contributed by atoms with Crippen LogP contribution < -0.4 is 15.8 Å². The van der Waals surface area contributed by atoms with Gasteiger partial charge in [-0.2, -0.15) is 0 Å². The Kier molecular flexibility index (Phi) is 10.3. The summed E-state index contributed by atoms with van der Waals surface area (Å²) in [4.78, 5) is 26.3. The Balaban J connectivity index is 0.00000392. The normalized spacial score (nSPS) is 16.3. The van der Waals surface area contributed by atoms with Gasteiger partial charge in [-0.15, -0.1) is 12.4 Å². The average Bonchev–Trinajstić information content (AvgIpc) is 2.64. The Hall–Kier alpha value is -1.79. The predicted octanol–water partition coefficient (Wildman–Crippen LogP) is 2.65. The average molecular weight is 412 g/mol.